The van der Waals surface area contributed by atoms with E-state index in [1.54, 1.807) is 27.7 Å². The summed E-state index contributed by atoms with van der Waals surface area (Å²) in [5.74, 6) is -0.398. The molecule has 0 aliphatic carbocycles. The number of carbonyl (C=O) groups excluding carboxylic acids is 2. The third-order valence-corrected chi connectivity index (χ3v) is 3.29. The van der Waals surface area contributed by atoms with Gasteiger partial charge in [0.2, 0.25) is 0 Å². The number of alkyl carbamates (subject to hydrolysis) is 1. The van der Waals surface area contributed by atoms with Gasteiger partial charge >= 0.3 is 12.1 Å². The fourth-order valence-corrected chi connectivity index (χ4v) is 1.81. The van der Waals surface area contributed by atoms with Crippen molar-refractivity contribution in [3.63, 3.8) is 0 Å². The smallest absolute Gasteiger partial charge is 0.407 e. The average Bonchev–Trinajstić information content (AvgIpc) is 2.51. The summed E-state index contributed by atoms with van der Waals surface area (Å²) in [7, 11) is 0. The highest BCUT2D eigenvalue weighted by molar-refractivity contribution is 5.80. The van der Waals surface area contributed by atoms with E-state index in [0.29, 0.717) is 52.4 Å². The lowest BCUT2D eigenvalue weighted by Crippen LogP contribution is -2.49. The van der Waals surface area contributed by atoms with E-state index in [0.717, 1.165) is 0 Å². The highest BCUT2D eigenvalue weighted by Gasteiger charge is 2.33. The molecule has 148 valence electrons. The van der Waals surface area contributed by atoms with E-state index in [2.05, 4.69) is 5.32 Å². The van der Waals surface area contributed by atoms with E-state index in [4.69, 9.17) is 24.7 Å². The zero-order valence-corrected chi connectivity index (χ0v) is 16.2. The van der Waals surface area contributed by atoms with E-state index >= 15 is 0 Å². The lowest BCUT2D eigenvalue weighted by Gasteiger charge is -2.25. The van der Waals surface area contributed by atoms with Crippen molar-refractivity contribution >= 4 is 12.1 Å². The Balaban J connectivity index is 3.67. The molecule has 0 aromatic rings. The van der Waals surface area contributed by atoms with Gasteiger partial charge in [0.1, 0.15) is 11.1 Å². The van der Waals surface area contributed by atoms with Crippen LogP contribution in [0.15, 0.2) is 0 Å². The Labute approximate surface area is 150 Å². The van der Waals surface area contributed by atoms with E-state index in [9.17, 15) is 9.59 Å². The number of nitrogens with two attached hydrogens (primary N) is 1. The van der Waals surface area contributed by atoms with E-state index in [1.807, 2.05) is 6.92 Å². The number of carbonyl (C=O) groups is 2. The normalized spacial score (nSPS) is 13.8. The predicted molar refractivity (Wildman–Crippen MR) is 94.3 cm³/mol. The molecule has 0 aromatic carbocycles. The van der Waals surface area contributed by atoms with Crippen molar-refractivity contribution < 1.29 is 28.5 Å². The van der Waals surface area contributed by atoms with Crippen molar-refractivity contribution in [2.45, 2.75) is 58.6 Å². The van der Waals surface area contributed by atoms with Crippen LogP contribution in [0.25, 0.3) is 0 Å². The Morgan fingerprint density at radius 2 is 1.60 bits per heavy atom. The van der Waals surface area contributed by atoms with E-state index < -0.39 is 23.2 Å². The summed E-state index contributed by atoms with van der Waals surface area (Å²) < 4.78 is 20.8. The van der Waals surface area contributed by atoms with Gasteiger partial charge in [0.25, 0.3) is 0 Å². The molecule has 0 saturated carbocycles. The van der Waals surface area contributed by atoms with Gasteiger partial charge in [-0.2, -0.15) is 0 Å². The van der Waals surface area contributed by atoms with Crippen LogP contribution in [0.4, 0.5) is 4.79 Å². The van der Waals surface area contributed by atoms with Crippen molar-refractivity contribution in [2.75, 3.05) is 39.6 Å². The molecule has 1 atom stereocenters. The van der Waals surface area contributed by atoms with Gasteiger partial charge in [0.05, 0.1) is 26.4 Å². The first-order valence-corrected chi connectivity index (χ1v) is 8.73. The average molecular weight is 362 g/mol. The molecule has 3 N–H and O–H groups in total. The third kappa shape index (κ3) is 11.7. The summed E-state index contributed by atoms with van der Waals surface area (Å²) in [5.41, 5.74) is 4.52. The molecule has 0 bridgehead atoms. The van der Waals surface area contributed by atoms with Crippen LogP contribution in [0.1, 0.15) is 47.5 Å². The molecule has 0 aliphatic heterocycles. The Kier molecular flexibility index (Phi) is 11.4. The molecular weight excluding hydrogens is 328 g/mol. The SMILES string of the molecule is CCOC(=O)C(N)(CC)CCOCCOCCNC(=O)OC(C)(C)C. The molecule has 8 nitrogen and oxygen atoms in total. The molecule has 0 fully saturated rings. The van der Waals surface area contributed by atoms with Gasteiger partial charge in [-0.05, 0) is 40.5 Å². The molecule has 1 unspecified atom stereocenters. The molecule has 8 heteroatoms. The van der Waals surface area contributed by atoms with Gasteiger partial charge in [0.15, 0.2) is 0 Å². The van der Waals surface area contributed by atoms with Crippen molar-refractivity contribution in [1.82, 2.24) is 5.32 Å². The minimum atomic E-state index is -1.01. The standard InChI is InChI=1S/C17H34N2O6/c1-6-17(18,14(20)24-7-2)8-10-22-12-13-23-11-9-19-15(21)25-16(3,4)5/h6-13,18H2,1-5H3,(H,19,21). The van der Waals surface area contributed by atoms with Gasteiger partial charge in [-0.25, -0.2) is 4.79 Å². The molecule has 1 amide bonds. The predicted octanol–water partition coefficient (Wildman–Crippen LogP) is 1.60. The Hall–Kier alpha value is -1.38. The molecule has 0 aliphatic rings. The largest absolute Gasteiger partial charge is 0.465 e. The molecule has 0 rings (SSSR count). The van der Waals surface area contributed by atoms with Crippen LogP contribution in [0.5, 0.6) is 0 Å². The van der Waals surface area contributed by atoms with Crippen LogP contribution in [0, 0.1) is 0 Å². The van der Waals surface area contributed by atoms with E-state index in [-0.39, 0.29) is 0 Å². The molecular formula is C17H34N2O6. The van der Waals surface area contributed by atoms with Crippen LogP contribution in [-0.4, -0.2) is 62.8 Å². The lowest BCUT2D eigenvalue weighted by atomic mass is 9.94. The number of ether oxygens (including phenoxy) is 4. The summed E-state index contributed by atoms with van der Waals surface area (Å²) in [6.45, 7) is 11.2. The van der Waals surface area contributed by atoms with Crippen molar-refractivity contribution in [3.05, 3.63) is 0 Å². The molecule has 0 saturated heterocycles. The first-order chi connectivity index (χ1) is 11.6. The second kappa shape index (κ2) is 12.1. The zero-order chi connectivity index (χ0) is 19.3. The number of amides is 1. The van der Waals surface area contributed by atoms with Gasteiger partial charge in [0, 0.05) is 13.2 Å². The van der Waals surface area contributed by atoms with Crippen molar-refractivity contribution in [2.24, 2.45) is 5.73 Å². The summed E-state index contributed by atoms with van der Waals surface area (Å²) in [5, 5.41) is 2.60. The topological polar surface area (TPSA) is 109 Å². The maximum atomic E-state index is 11.8. The first kappa shape index (κ1) is 23.6. The van der Waals surface area contributed by atoms with Gasteiger partial charge in [-0.1, -0.05) is 6.92 Å². The highest BCUT2D eigenvalue weighted by Crippen LogP contribution is 2.14. The van der Waals surface area contributed by atoms with Gasteiger partial charge in [-0.3, -0.25) is 4.79 Å². The molecule has 25 heavy (non-hydrogen) atoms. The highest BCUT2D eigenvalue weighted by atomic mass is 16.6. The lowest BCUT2D eigenvalue weighted by molar-refractivity contribution is -0.150. The quantitative estimate of drug-likeness (QED) is 0.401. The zero-order valence-electron chi connectivity index (χ0n) is 16.2. The summed E-state index contributed by atoms with van der Waals surface area (Å²) in [6, 6.07) is 0. The molecule has 0 aromatic heterocycles. The molecule has 0 heterocycles. The first-order valence-electron chi connectivity index (χ1n) is 8.73. The fraction of sp³-hybridized carbons (Fsp3) is 0.882. The summed E-state index contributed by atoms with van der Waals surface area (Å²) in [4.78, 5) is 23.2. The van der Waals surface area contributed by atoms with Gasteiger partial charge < -0.3 is 30.0 Å². The fourth-order valence-electron chi connectivity index (χ4n) is 1.81. The monoisotopic (exact) mass is 362 g/mol. The van der Waals surface area contributed by atoms with Crippen LogP contribution in [0.3, 0.4) is 0 Å². The number of esters is 1. The minimum absolute atomic E-state index is 0.309. The van der Waals surface area contributed by atoms with E-state index in [1.165, 1.54) is 0 Å². The third-order valence-electron chi connectivity index (χ3n) is 3.29. The number of rotatable bonds is 12. The summed E-state index contributed by atoms with van der Waals surface area (Å²) >= 11 is 0. The van der Waals surface area contributed by atoms with Crippen LogP contribution >= 0.6 is 0 Å². The molecule has 0 radical (unpaired) electrons. The summed E-state index contributed by atoms with van der Waals surface area (Å²) in [6.07, 6.45) is 0.412. The Bertz CT molecular complexity index is 397. The maximum absolute atomic E-state index is 11.8. The van der Waals surface area contributed by atoms with Crippen LogP contribution < -0.4 is 11.1 Å². The van der Waals surface area contributed by atoms with Crippen molar-refractivity contribution in [3.8, 4) is 0 Å². The Morgan fingerprint density at radius 3 is 2.12 bits per heavy atom. The Morgan fingerprint density at radius 1 is 1.00 bits per heavy atom. The van der Waals surface area contributed by atoms with Crippen LogP contribution in [0.2, 0.25) is 0 Å². The number of hydrogen-bond donors (Lipinski definition) is 2. The minimum Gasteiger partial charge on any atom is -0.465 e. The maximum Gasteiger partial charge on any atom is 0.407 e. The van der Waals surface area contributed by atoms with Gasteiger partial charge in [-0.15, -0.1) is 0 Å². The number of nitrogens with one attached hydrogen (secondary N) is 1. The second-order valence-electron chi connectivity index (χ2n) is 6.63. The molecule has 0 spiro atoms. The van der Waals surface area contributed by atoms with Crippen LogP contribution in [-0.2, 0) is 23.7 Å². The second-order valence-corrected chi connectivity index (χ2v) is 6.63. The van der Waals surface area contributed by atoms with Crippen molar-refractivity contribution in [1.29, 1.82) is 0 Å². The number of hydrogen-bond acceptors (Lipinski definition) is 7.